The summed E-state index contributed by atoms with van der Waals surface area (Å²) in [5.74, 6) is 0.259. The minimum Gasteiger partial charge on any atom is -0.456 e. The summed E-state index contributed by atoms with van der Waals surface area (Å²) >= 11 is 3.25. The summed E-state index contributed by atoms with van der Waals surface area (Å²) in [6, 6.07) is 8.39. The minimum absolute atomic E-state index is 0.0307. The highest BCUT2D eigenvalue weighted by atomic mass is 79.9. The maximum absolute atomic E-state index is 13.2. The van der Waals surface area contributed by atoms with E-state index in [1.807, 2.05) is 0 Å². The predicted molar refractivity (Wildman–Crippen MR) is 76.7 cm³/mol. The summed E-state index contributed by atoms with van der Waals surface area (Å²) < 4.78 is 41.9. The van der Waals surface area contributed by atoms with E-state index in [1.54, 1.807) is 6.92 Å². The zero-order valence-corrected chi connectivity index (χ0v) is 12.8. The van der Waals surface area contributed by atoms with E-state index in [2.05, 4.69) is 15.9 Å². The third-order valence-electron chi connectivity index (χ3n) is 2.57. The maximum Gasteiger partial charge on any atom is 0.238 e. The highest BCUT2D eigenvalue weighted by molar-refractivity contribution is 9.10. The average Bonchev–Trinajstić information content (AvgIpc) is 2.32. The maximum atomic E-state index is 13.2. The van der Waals surface area contributed by atoms with Crippen LogP contribution in [0.25, 0.3) is 0 Å². The first kappa shape index (κ1) is 15.0. The molecule has 2 rings (SSSR count). The van der Waals surface area contributed by atoms with Crippen LogP contribution in [0.5, 0.6) is 11.5 Å². The third-order valence-corrected chi connectivity index (χ3v) is 4.30. The van der Waals surface area contributed by atoms with E-state index < -0.39 is 15.8 Å². The fraction of sp³-hybridized carbons (Fsp3) is 0.0769. The Balaban J connectivity index is 2.36. The van der Waals surface area contributed by atoms with Crippen LogP contribution in [0.4, 0.5) is 4.39 Å². The lowest BCUT2D eigenvalue weighted by Crippen LogP contribution is -2.13. The molecule has 0 aliphatic heterocycles. The lowest BCUT2D eigenvalue weighted by atomic mass is 10.2. The number of hydrogen-bond donors (Lipinski definition) is 1. The second kappa shape index (κ2) is 5.51. The van der Waals surface area contributed by atoms with Crippen molar-refractivity contribution in [3.8, 4) is 11.5 Å². The molecule has 0 spiro atoms. The van der Waals surface area contributed by atoms with Crippen molar-refractivity contribution in [3.63, 3.8) is 0 Å². The van der Waals surface area contributed by atoms with E-state index in [4.69, 9.17) is 9.88 Å². The van der Waals surface area contributed by atoms with E-state index in [0.717, 1.165) is 0 Å². The van der Waals surface area contributed by atoms with Crippen LogP contribution in [0.3, 0.4) is 0 Å². The van der Waals surface area contributed by atoms with Gasteiger partial charge in [0.2, 0.25) is 10.0 Å². The van der Waals surface area contributed by atoms with Gasteiger partial charge in [0.1, 0.15) is 17.3 Å². The van der Waals surface area contributed by atoms with Gasteiger partial charge in [0.25, 0.3) is 0 Å². The van der Waals surface area contributed by atoms with Crippen molar-refractivity contribution in [2.45, 2.75) is 11.8 Å². The molecule has 0 aromatic heterocycles. The van der Waals surface area contributed by atoms with Crippen molar-refractivity contribution < 1.29 is 17.5 Å². The number of aryl methyl sites for hydroxylation is 1. The molecular weight excluding hydrogens is 349 g/mol. The molecule has 0 saturated heterocycles. The van der Waals surface area contributed by atoms with Gasteiger partial charge in [-0.3, -0.25) is 0 Å². The molecule has 7 heteroatoms. The first-order chi connectivity index (χ1) is 9.27. The lowest BCUT2D eigenvalue weighted by molar-refractivity contribution is 0.472. The van der Waals surface area contributed by atoms with Crippen LogP contribution >= 0.6 is 15.9 Å². The molecule has 0 amide bonds. The second-order valence-electron chi connectivity index (χ2n) is 4.15. The van der Waals surface area contributed by atoms with Gasteiger partial charge in [-0.2, -0.15) is 0 Å². The monoisotopic (exact) mass is 359 g/mol. The lowest BCUT2D eigenvalue weighted by Gasteiger charge is -2.10. The molecule has 106 valence electrons. The topological polar surface area (TPSA) is 69.4 Å². The fourth-order valence-corrected chi connectivity index (χ4v) is 2.78. The second-order valence-corrected chi connectivity index (χ2v) is 6.53. The third kappa shape index (κ3) is 3.36. The summed E-state index contributed by atoms with van der Waals surface area (Å²) in [6.07, 6.45) is 0. The van der Waals surface area contributed by atoms with E-state index in [0.29, 0.717) is 21.5 Å². The van der Waals surface area contributed by atoms with Crippen LogP contribution in [0, 0.1) is 12.7 Å². The molecule has 0 fully saturated rings. The molecule has 2 aromatic rings. The molecule has 0 heterocycles. The van der Waals surface area contributed by atoms with Crippen molar-refractivity contribution in [2.75, 3.05) is 0 Å². The molecule has 0 atom stereocenters. The van der Waals surface area contributed by atoms with Gasteiger partial charge < -0.3 is 4.74 Å². The molecule has 0 unspecified atom stereocenters. The van der Waals surface area contributed by atoms with Gasteiger partial charge in [-0.15, -0.1) is 0 Å². The summed E-state index contributed by atoms with van der Waals surface area (Å²) in [5.41, 5.74) is 0.456. The predicted octanol–water partition coefficient (Wildman–Crippen LogP) is 3.34. The normalized spacial score (nSPS) is 11.4. The molecule has 0 radical (unpaired) electrons. The Morgan fingerprint density at radius 2 is 1.90 bits per heavy atom. The van der Waals surface area contributed by atoms with Gasteiger partial charge in [0, 0.05) is 6.07 Å². The van der Waals surface area contributed by atoms with Gasteiger partial charge in [-0.1, -0.05) is 0 Å². The number of nitrogens with two attached hydrogens (primary N) is 1. The zero-order valence-electron chi connectivity index (χ0n) is 10.4. The number of hydrogen-bond acceptors (Lipinski definition) is 3. The molecule has 0 aliphatic rings. The summed E-state index contributed by atoms with van der Waals surface area (Å²) in [5, 5.41) is 5.08. The van der Waals surface area contributed by atoms with Gasteiger partial charge in [0.05, 0.1) is 9.37 Å². The first-order valence-corrected chi connectivity index (χ1v) is 7.87. The molecule has 4 nitrogen and oxygen atoms in total. The Labute approximate surface area is 124 Å². The van der Waals surface area contributed by atoms with Crippen molar-refractivity contribution in [1.29, 1.82) is 0 Å². The standard InChI is InChI=1S/C13H11BrFNO3S/c1-8-6-10(3-5-13(8)20(16,17)18)19-12-7-9(15)2-4-11(12)14/h2-7H,1H3,(H2,16,17,18). The van der Waals surface area contributed by atoms with E-state index in [-0.39, 0.29) is 4.90 Å². The Bertz CT molecular complexity index is 762. The van der Waals surface area contributed by atoms with Crippen molar-refractivity contribution in [1.82, 2.24) is 0 Å². The largest absolute Gasteiger partial charge is 0.456 e. The molecule has 2 aromatic carbocycles. The van der Waals surface area contributed by atoms with E-state index in [1.165, 1.54) is 36.4 Å². The molecule has 0 saturated carbocycles. The number of rotatable bonds is 3. The van der Waals surface area contributed by atoms with Crippen molar-refractivity contribution in [3.05, 3.63) is 52.3 Å². The fourth-order valence-electron chi connectivity index (χ4n) is 1.69. The van der Waals surface area contributed by atoms with Crippen LogP contribution in [0.15, 0.2) is 45.8 Å². The van der Waals surface area contributed by atoms with E-state index in [9.17, 15) is 12.8 Å². The molecular formula is C13H11BrFNO3S. The number of ether oxygens (including phenoxy) is 1. The smallest absolute Gasteiger partial charge is 0.238 e. The molecule has 0 bridgehead atoms. The Kier molecular flexibility index (Phi) is 4.12. The van der Waals surface area contributed by atoms with Crippen LogP contribution in [0.1, 0.15) is 5.56 Å². The highest BCUT2D eigenvalue weighted by Crippen LogP contribution is 2.31. The van der Waals surface area contributed by atoms with Gasteiger partial charge in [-0.25, -0.2) is 17.9 Å². The van der Waals surface area contributed by atoms with Gasteiger partial charge in [0.15, 0.2) is 0 Å². The SMILES string of the molecule is Cc1cc(Oc2cc(F)ccc2Br)ccc1S(N)(=O)=O. The van der Waals surface area contributed by atoms with Crippen molar-refractivity contribution in [2.24, 2.45) is 5.14 Å². The number of primary sulfonamides is 1. The molecule has 0 aliphatic carbocycles. The zero-order chi connectivity index (χ0) is 14.9. The Morgan fingerprint density at radius 1 is 1.20 bits per heavy atom. The van der Waals surface area contributed by atoms with Crippen LogP contribution in [0.2, 0.25) is 0 Å². The van der Waals surface area contributed by atoms with Gasteiger partial charge >= 0.3 is 0 Å². The van der Waals surface area contributed by atoms with Gasteiger partial charge in [-0.05, 0) is 58.7 Å². The number of benzene rings is 2. The van der Waals surface area contributed by atoms with Crippen LogP contribution in [-0.4, -0.2) is 8.42 Å². The first-order valence-electron chi connectivity index (χ1n) is 5.54. The highest BCUT2D eigenvalue weighted by Gasteiger charge is 2.12. The average molecular weight is 360 g/mol. The summed E-state index contributed by atoms with van der Waals surface area (Å²) in [7, 11) is -3.76. The van der Waals surface area contributed by atoms with Crippen LogP contribution in [-0.2, 0) is 10.0 Å². The van der Waals surface area contributed by atoms with Crippen molar-refractivity contribution >= 4 is 26.0 Å². The molecule has 2 N–H and O–H groups in total. The summed E-state index contributed by atoms with van der Waals surface area (Å²) in [6.45, 7) is 1.60. The Morgan fingerprint density at radius 3 is 2.50 bits per heavy atom. The van der Waals surface area contributed by atoms with Crippen LogP contribution < -0.4 is 9.88 Å². The minimum atomic E-state index is -3.76. The number of halogens is 2. The van der Waals surface area contributed by atoms with E-state index >= 15 is 0 Å². The summed E-state index contributed by atoms with van der Waals surface area (Å²) in [4.78, 5) is 0.0307. The quantitative estimate of drug-likeness (QED) is 0.913. The Hall–Kier alpha value is -1.44. The molecule has 20 heavy (non-hydrogen) atoms. The number of sulfonamides is 1.